The standard InChI is InChI=1S/C6H12O2.C4H8O.CH4/c1-2-3-7-4-6-5-8-6;1-2-4-3-5-4;/h6H,2-5H2,1H3;4H,2-3H2,1H3;1H4. The summed E-state index contributed by atoms with van der Waals surface area (Å²) in [6.07, 6.45) is 3.36. The van der Waals surface area contributed by atoms with Gasteiger partial charge in [-0.3, -0.25) is 0 Å². The average molecular weight is 204 g/mol. The zero-order chi connectivity index (χ0) is 9.52. The van der Waals surface area contributed by atoms with Crippen LogP contribution in [0.2, 0.25) is 0 Å². The molecular weight excluding hydrogens is 180 g/mol. The van der Waals surface area contributed by atoms with Gasteiger partial charge in [-0.25, -0.2) is 0 Å². The Kier molecular flexibility index (Phi) is 8.14. The van der Waals surface area contributed by atoms with Crippen LogP contribution in [0, 0.1) is 0 Å². The average Bonchev–Trinajstić information content (AvgIpc) is 3.02. The van der Waals surface area contributed by atoms with Crippen LogP contribution < -0.4 is 0 Å². The van der Waals surface area contributed by atoms with E-state index in [2.05, 4.69) is 13.8 Å². The van der Waals surface area contributed by atoms with E-state index in [1.54, 1.807) is 0 Å². The van der Waals surface area contributed by atoms with Crippen molar-refractivity contribution in [2.24, 2.45) is 0 Å². The second-order valence-corrected chi connectivity index (χ2v) is 3.39. The Hall–Kier alpha value is -0.120. The van der Waals surface area contributed by atoms with Crippen LogP contribution in [0.25, 0.3) is 0 Å². The Morgan fingerprint density at radius 2 is 1.71 bits per heavy atom. The van der Waals surface area contributed by atoms with Gasteiger partial charge in [-0.15, -0.1) is 0 Å². The molecular formula is C11H24O3. The quantitative estimate of drug-likeness (QED) is 0.509. The second-order valence-electron chi connectivity index (χ2n) is 3.39. The summed E-state index contributed by atoms with van der Waals surface area (Å²) in [5.41, 5.74) is 0. The van der Waals surface area contributed by atoms with Crippen LogP contribution in [0.1, 0.15) is 34.1 Å². The summed E-state index contributed by atoms with van der Waals surface area (Å²) >= 11 is 0. The van der Waals surface area contributed by atoms with Gasteiger partial charge in [0.05, 0.1) is 25.9 Å². The summed E-state index contributed by atoms with van der Waals surface area (Å²) in [6.45, 7) is 7.83. The van der Waals surface area contributed by atoms with Gasteiger partial charge < -0.3 is 14.2 Å². The normalized spacial score (nSPS) is 27.0. The number of hydrogen-bond acceptors (Lipinski definition) is 3. The second kappa shape index (κ2) is 8.21. The van der Waals surface area contributed by atoms with E-state index in [1.807, 2.05) is 0 Å². The lowest BCUT2D eigenvalue weighted by Crippen LogP contribution is -2.01. The fourth-order valence-electron chi connectivity index (χ4n) is 0.827. The molecule has 86 valence electrons. The van der Waals surface area contributed by atoms with Gasteiger partial charge in [-0.2, -0.15) is 0 Å². The molecule has 0 spiro atoms. The van der Waals surface area contributed by atoms with Crippen molar-refractivity contribution in [3.63, 3.8) is 0 Å². The molecule has 3 nitrogen and oxygen atoms in total. The molecule has 3 heteroatoms. The first-order valence-corrected chi connectivity index (χ1v) is 5.17. The SMILES string of the molecule is C.CCC1CO1.CCCOCC1CO1. The van der Waals surface area contributed by atoms with Crippen molar-refractivity contribution in [3.05, 3.63) is 0 Å². The molecule has 0 bridgehead atoms. The Morgan fingerprint density at radius 3 is 2.00 bits per heavy atom. The first kappa shape index (κ1) is 13.9. The van der Waals surface area contributed by atoms with Gasteiger partial charge >= 0.3 is 0 Å². The molecule has 0 aliphatic carbocycles. The van der Waals surface area contributed by atoms with Crippen LogP contribution in [0.3, 0.4) is 0 Å². The van der Waals surface area contributed by atoms with E-state index in [9.17, 15) is 0 Å². The fourth-order valence-corrected chi connectivity index (χ4v) is 0.827. The third-order valence-corrected chi connectivity index (χ3v) is 1.91. The van der Waals surface area contributed by atoms with Gasteiger partial charge in [0, 0.05) is 6.61 Å². The van der Waals surface area contributed by atoms with E-state index < -0.39 is 0 Å². The molecule has 2 saturated heterocycles. The third kappa shape index (κ3) is 8.48. The molecule has 0 N–H and O–H groups in total. The molecule has 0 radical (unpaired) electrons. The molecule has 0 aromatic rings. The largest absolute Gasteiger partial charge is 0.379 e. The lowest BCUT2D eigenvalue weighted by atomic mass is 10.4. The van der Waals surface area contributed by atoms with Crippen molar-refractivity contribution in [3.8, 4) is 0 Å². The zero-order valence-electron chi connectivity index (χ0n) is 8.62. The maximum Gasteiger partial charge on any atom is 0.104 e. The molecule has 2 rings (SSSR count). The molecule has 0 aromatic carbocycles. The monoisotopic (exact) mass is 204 g/mol. The molecule has 2 fully saturated rings. The molecule has 2 aliphatic heterocycles. The minimum absolute atomic E-state index is 0. The zero-order valence-corrected chi connectivity index (χ0v) is 8.62. The number of rotatable bonds is 5. The predicted octanol–water partition coefficient (Wildman–Crippen LogP) is 2.24. The minimum atomic E-state index is 0. The van der Waals surface area contributed by atoms with Crippen LogP contribution in [-0.4, -0.2) is 38.6 Å². The molecule has 2 aliphatic rings. The van der Waals surface area contributed by atoms with Crippen molar-refractivity contribution in [2.45, 2.75) is 46.3 Å². The lowest BCUT2D eigenvalue weighted by Gasteiger charge is -1.95. The molecule has 2 unspecified atom stereocenters. The number of epoxide rings is 2. The summed E-state index contributed by atoms with van der Waals surface area (Å²) in [7, 11) is 0. The Bertz CT molecular complexity index is 120. The van der Waals surface area contributed by atoms with Gasteiger partial charge in [-0.1, -0.05) is 21.3 Å². The Balaban J connectivity index is 0.000000246. The van der Waals surface area contributed by atoms with Gasteiger partial charge in [0.1, 0.15) is 6.10 Å². The van der Waals surface area contributed by atoms with E-state index in [4.69, 9.17) is 14.2 Å². The van der Waals surface area contributed by atoms with E-state index in [0.717, 1.165) is 32.8 Å². The fraction of sp³-hybridized carbons (Fsp3) is 1.00. The number of ether oxygens (including phenoxy) is 3. The molecule has 14 heavy (non-hydrogen) atoms. The lowest BCUT2D eigenvalue weighted by molar-refractivity contribution is 0.117. The van der Waals surface area contributed by atoms with Gasteiger partial charge in [0.25, 0.3) is 0 Å². The Labute approximate surface area is 87.7 Å². The summed E-state index contributed by atoms with van der Waals surface area (Å²) < 4.78 is 15.0. The smallest absolute Gasteiger partial charge is 0.104 e. The summed E-state index contributed by atoms with van der Waals surface area (Å²) in [5, 5.41) is 0. The van der Waals surface area contributed by atoms with Gasteiger partial charge in [-0.05, 0) is 12.8 Å². The van der Waals surface area contributed by atoms with Crippen molar-refractivity contribution in [1.29, 1.82) is 0 Å². The van der Waals surface area contributed by atoms with Crippen LogP contribution >= 0.6 is 0 Å². The first-order chi connectivity index (χ1) is 6.36. The summed E-state index contributed by atoms with van der Waals surface area (Å²) in [6, 6.07) is 0. The van der Waals surface area contributed by atoms with E-state index in [1.165, 1.54) is 6.42 Å². The number of hydrogen-bond donors (Lipinski definition) is 0. The summed E-state index contributed by atoms with van der Waals surface area (Å²) in [4.78, 5) is 0. The highest BCUT2D eigenvalue weighted by Crippen LogP contribution is 2.10. The van der Waals surface area contributed by atoms with E-state index in [-0.39, 0.29) is 7.43 Å². The van der Waals surface area contributed by atoms with Gasteiger partial charge in [0.15, 0.2) is 0 Å². The Morgan fingerprint density at radius 1 is 1.14 bits per heavy atom. The van der Waals surface area contributed by atoms with Crippen LogP contribution in [-0.2, 0) is 14.2 Å². The topological polar surface area (TPSA) is 34.3 Å². The highest BCUT2D eigenvalue weighted by molar-refractivity contribution is 4.66. The van der Waals surface area contributed by atoms with Crippen molar-refractivity contribution in [2.75, 3.05) is 26.4 Å². The van der Waals surface area contributed by atoms with E-state index in [0.29, 0.717) is 12.2 Å². The third-order valence-electron chi connectivity index (χ3n) is 1.91. The van der Waals surface area contributed by atoms with Crippen LogP contribution in [0.5, 0.6) is 0 Å². The highest BCUT2D eigenvalue weighted by Gasteiger charge is 2.21. The predicted molar refractivity (Wildman–Crippen MR) is 57.6 cm³/mol. The van der Waals surface area contributed by atoms with Crippen molar-refractivity contribution < 1.29 is 14.2 Å². The van der Waals surface area contributed by atoms with E-state index >= 15 is 0 Å². The minimum Gasteiger partial charge on any atom is -0.379 e. The van der Waals surface area contributed by atoms with Crippen molar-refractivity contribution >= 4 is 0 Å². The highest BCUT2D eigenvalue weighted by atomic mass is 16.6. The molecule has 2 heterocycles. The molecule has 0 saturated carbocycles. The molecule has 0 amide bonds. The maximum atomic E-state index is 5.18. The summed E-state index contributed by atoms with van der Waals surface area (Å²) in [5.74, 6) is 0. The van der Waals surface area contributed by atoms with Gasteiger partial charge in [0.2, 0.25) is 0 Å². The molecule has 0 aromatic heterocycles. The van der Waals surface area contributed by atoms with Crippen LogP contribution in [0.15, 0.2) is 0 Å². The van der Waals surface area contributed by atoms with Crippen LogP contribution in [0.4, 0.5) is 0 Å². The first-order valence-electron chi connectivity index (χ1n) is 5.17. The molecule has 2 atom stereocenters. The maximum absolute atomic E-state index is 5.18. The van der Waals surface area contributed by atoms with Crippen molar-refractivity contribution in [1.82, 2.24) is 0 Å².